The van der Waals surface area contributed by atoms with Gasteiger partial charge in [0.1, 0.15) is 0 Å². The van der Waals surface area contributed by atoms with E-state index >= 15 is 0 Å². The topological polar surface area (TPSA) is 52.5 Å². The van der Waals surface area contributed by atoms with E-state index in [-0.39, 0.29) is 12.6 Å². The molecule has 0 amide bonds. The Kier molecular flexibility index (Phi) is 6.19. The second kappa shape index (κ2) is 7.43. The molecular weight excluding hydrogens is 214 g/mol. The fraction of sp³-hybridized carbons (Fsp3) is 0.571. The van der Waals surface area contributed by atoms with Crippen molar-refractivity contribution in [1.82, 2.24) is 5.32 Å². The molecule has 0 heterocycles. The number of hydrogen-bond acceptors (Lipinski definition) is 3. The quantitative estimate of drug-likeness (QED) is 0.676. The summed E-state index contributed by atoms with van der Waals surface area (Å²) in [6.07, 6.45) is 1.68. The van der Waals surface area contributed by atoms with Gasteiger partial charge in [-0.2, -0.15) is 0 Å². The molecule has 1 aromatic carbocycles. The molecule has 96 valence electrons. The Bertz CT molecular complexity index is 311. The number of benzene rings is 1. The van der Waals surface area contributed by atoms with Crippen LogP contribution in [0.3, 0.4) is 0 Å². The molecular formula is C14H23NO2. The molecule has 2 atom stereocenters. The number of aliphatic hydroxyl groups is 2. The molecule has 1 rings (SSSR count). The minimum absolute atomic E-state index is 0.0563. The lowest BCUT2D eigenvalue weighted by Gasteiger charge is -2.20. The van der Waals surface area contributed by atoms with Crippen LogP contribution in [0.2, 0.25) is 0 Å². The smallest absolute Gasteiger partial charge is 0.0940 e. The molecule has 0 fully saturated rings. The monoisotopic (exact) mass is 237 g/mol. The van der Waals surface area contributed by atoms with E-state index in [2.05, 4.69) is 24.4 Å². The van der Waals surface area contributed by atoms with Gasteiger partial charge in [-0.1, -0.05) is 37.6 Å². The van der Waals surface area contributed by atoms with E-state index in [0.29, 0.717) is 6.54 Å². The van der Waals surface area contributed by atoms with E-state index in [9.17, 15) is 5.11 Å². The van der Waals surface area contributed by atoms with Gasteiger partial charge in [0, 0.05) is 12.6 Å². The molecule has 0 bridgehead atoms. The zero-order valence-corrected chi connectivity index (χ0v) is 10.7. The fourth-order valence-corrected chi connectivity index (χ4v) is 1.86. The van der Waals surface area contributed by atoms with Gasteiger partial charge in [-0.15, -0.1) is 0 Å². The standard InChI is InChI=1S/C14H23NO2/c1-3-4-12-5-7-13(8-6-12)14(17)11(2)15-9-10-16/h5-8,11,14-17H,3-4,9-10H2,1-2H3. The molecule has 0 spiro atoms. The van der Waals surface area contributed by atoms with Gasteiger partial charge >= 0.3 is 0 Å². The largest absolute Gasteiger partial charge is 0.395 e. The number of hydrogen-bond donors (Lipinski definition) is 3. The first-order valence-electron chi connectivity index (χ1n) is 6.30. The first-order valence-corrected chi connectivity index (χ1v) is 6.30. The predicted octanol–water partition coefficient (Wildman–Crippen LogP) is 1.64. The lowest BCUT2D eigenvalue weighted by Crippen LogP contribution is -2.34. The summed E-state index contributed by atoms with van der Waals surface area (Å²) >= 11 is 0. The van der Waals surface area contributed by atoms with Gasteiger partial charge in [0.2, 0.25) is 0 Å². The second-order valence-electron chi connectivity index (χ2n) is 4.40. The Hall–Kier alpha value is -0.900. The Labute approximate surface area is 103 Å². The molecule has 17 heavy (non-hydrogen) atoms. The molecule has 0 aromatic heterocycles. The van der Waals surface area contributed by atoms with Crippen molar-refractivity contribution in [2.24, 2.45) is 0 Å². The van der Waals surface area contributed by atoms with E-state index in [1.807, 2.05) is 19.1 Å². The van der Waals surface area contributed by atoms with Crippen LogP contribution in [-0.2, 0) is 6.42 Å². The molecule has 0 aliphatic rings. The highest BCUT2D eigenvalue weighted by molar-refractivity contribution is 5.25. The summed E-state index contributed by atoms with van der Waals surface area (Å²) in [6.45, 7) is 4.67. The summed E-state index contributed by atoms with van der Waals surface area (Å²) in [5.74, 6) is 0. The molecule has 0 aliphatic carbocycles. The third-order valence-corrected chi connectivity index (χ3v) is 2.91. The maximum absolute atomic E-state index is 10.1. The summed E-state index contributed by atoms with van der Waals surface area (Å²) in [5, 5.41) is 21.9. The van der Waals surface area contributed by atoms with E-state index in [1.54, 1.807) is 0 Å². The van der Waals surface area contributed by atoms with Crippen LogP contribution in [0, 0.1) is 0 Å². The Balaban J connectivity index is 2.58. The molecule has 0 saturated carbocycles. The fourth-order valence-electron chi connectivity index (χ4n) is 1.86. The van der Waals surface area contributed by atoms with Gasteiger partial charge in [0.15, 0.2) is 0 Å². The van der Waals surface area contributed by atoms with Gasteiger partial charge < -0.3 is 15.5 Å². The van der Waals surface area contributed by atoms with Gasteiger partial charge in [-0.05, 0) is 24.5 Å². The first-order chi connectivity index (χ1) is 8.19. The number of rotatable bonds is 7. The Morgan fingerprint density at radius 3 is 2.41 bits per heavy atom. The maximum atomic E-state index is 10.1. The molecule has 0 aliphatic heterocycles. The van der Waals surface area contributed by atoms with Crippen LogP contribution in [0.4, 0.5) is 0 Å². The lowest BCUT2D eigenvalue weighted by atomic mass is 10.0. The van der Waals surface area contributed by atoms with Crippen LogP contribution in [0.25, 0.3) is 0 Å². The van der Waals surface area contributed by atoms with Crippen molar-refractivity contribution in [3.05, 3.63) is 35.4 Å². The summed E-state index contributed by atoms with van der Waals surface area (Å²) in [6, 6.07) is 8.04. The molecule has 3 nitrogen and oxygen atoms in total. The summed E-state index contributed by atoms with van der Waals surface area (Å²) in [4.78, 5) is 0. The summed E-state index contributed by atoms with van der Waals surface area (Å²) in [7, 11) is 0. The van der Waals surface area contributed by atoms with Crippen LogP contribution >= 0.6 is 0 Å². The molecule has 2 unspecified atom stereocenters. The number of nitrogens with one attached hydrogen (secondary N) is 1. The maximum Gasteiger partial charge on any atom is 0.0940 e. The third-order valence-electron chi connectivity index (χ3n) is 2.91. The lowest BCUT2D eigenvalue weighted by molar-refractivity contribution is 0.132. The van der Waals surface area contributed by atoms with E-state index < -0.39 is 6.10 Å². The van der Waals surface area contributed by atoms with E-state index in [4.69, 9.17) is 5.11 Å². The second-order valence-corrected chi connectivity index (χ2v) is 4.40. The average Bonchev–Trinajstić information content (AvgIpc) is 2.36. The first kappa shape index (κ1) is 14.2. The SMILES string of the molecule is CCCc1ccc(C(O)C(C)NCCO)cc1. The number of aryl methyl sites for hydroxylation is 1. The van der Waals surface area contributed by atoms with E-state index in [0.717, 1.165) is 18.4 Å². The number of aliphatic hydroxyl groups excluding tert-OH is 2. The van der Waals surface area contributed by atoms with Crippen LogP contribution < -0.4 is 5.32 Å². The molecule has 1 aromatic rings. The Morgan fingerprint density at radius 2 is 1.88 bits per heavy atom. The van der Waals surface area contributed by atoms with E-state index in [1.165, 1.54) is 5.56 Å². The van der Waals surface area contributed by atoms with Gasteiger partial charge in [-0.3, -0.25) is 0 Å². The predicted molar refractivity (Wildman–Crippen MR) is 69.9 cm³/mol. The van der Waals surface area contributed by atoms with Crippen LogP contribution in [-0.4, -0.2) is 29.4 Å². The molecule has 3 N–H and O–H groups in total. The van der Waals surface area contributed by atoms with Crippen LogP contribution in [0.1, 0.15) is 37.5 Å². The van der Waals surface area contributed by atoms with Crippen molar-refractivity contribution in [3.63, 3.8) is 0 Å². The highest BCUT2D eigenvalue weighted by Crippen LogP contribution is 2.17. The normalized spacial score (nSPS) is 14.6. The van der Waals surface area contributed by atoms with Crippen LogP contribution in [0.15, 0.2) is 24.3 Å². The molecule has 3 heteroatoms. The zero-order chi connectivity index (χ0) is 12.7. The molecule has 0 saturated heterocycles. The molecule has 0 radical (unpaired) electrons. The third kappa shape index (κ3) is 4.46. The summed E-state index contributed by atoms with van der Waals surface area (Å²) in [5.41, 5.74) is 2.22. The van der Waals surface area contributed by atoms with Crippen molar-refractivity contribution in [3.8, 4) is 0 Å². The minimum Gasteiger partial charge on any atom is -0.395 e. The van der Waals surface area contributed by atoms with Crippen LogP contribution in [0.5, 0.6) is 0 Å². The van der Waals surface area contributed by atoms with Crippen molar-refractivity contribution >= 4 is 0 Å². The van der Waals surface area contributed by atoms with Crippen molar-refractivity contribution < 1.29 is 10.2 Å². The van der Waals surface area contributed by atoms with Gasteiger partial charge in [-0.25, -0.2) is 0 Å². The summed E-state index contributed by atoms with van der Waals surface area (Å²) < 4.78 is 0. The average molecular weight is 237 g/mol. The van der Waals surface area contributed by atoms with Crippen molar-refractivity contribution in [2.45, 2.75) is 38.8 Å². The highest BCUT2D eigenvalue weighted by atomic mass is 16.3. The Morgan fingerprint density at radius 1 is 1.24 bits per heavy atom. The highest BCUT2D eigenvalue weighted by Gasteiger charge is 2.15. The zero-order valence-electron chi connectivity index (χ0n) is 10.7. The van der Waals surface area contributed by atoms with Crippen molar-refractivity contribution in [1.29, 1.82) is 0 Å². The minimum atomic E-state index is -0.530. The van der Waals surface area contributed by atoms with Gasteiger partial charge in [0.25, 0.3) is 0 Å². The van der Waals surface area contributed by atoms with Crippen molar-refractivity contribution in [2.75, 3.05) is 13.2 Å². The van der Waals surface area contributed by atoms with Gasteiger partial charge in [0.05, 0.1) is 12.7 Å².